The molecule has 0 amide bonds. The number of rotatable bonds is 4. The smallest absolute Gasteiger partial charge is 0.169 e. The first-order valence-electron chi connectivity index (χ1n) is 6.87. The van der Waals surface area contributed by atoms with Gasteiger partial charge in [0.05, 0.1) is 26.2 Å². The van der Waals surface area contributed by atoms with Crippen molar-refractivity contribution in [2.75, 3.05) is 46.4 Å². The van der Waals surface area contributed by atoms with Crippen molar-refractivity contribution in [3.05, 3.63) is 29.3 Å². The molecule has 0 saturated carbocycles. The first-order chi connectivity index (χ1) is 9.69. The molecule has 0 bridgehead atoms. The maximum absolute atomic E-state index is 5.84. The molecule has 0 aliphatic carbocycles. The van der Waals surface area contributed by atoms with Crippen molar-refractivity contribution in [1.29, 1.82) is 0 Å². The lowest BCUT2D eigenvalue weighted by molar-refractivity contribution is -0.903. The fourth-order valence-electron chi connectivity index (χ4n) is 2.28. The van der Waals surface area contributed by atoms with Crippen LogP contribution in [0, 0.1) is 0 Å². The Kier molecular flexibility index (Phi) is 5.88. The molecule has 1 aromatic carbocycles. The van der Waals surface area contributed by atoms with Gasteiger partial charge in [-0.3, -0.25) is 0 Å². The van der Waals surface area contributed by atoms with Crippen LogP contribution in [0.2, 0.25) is 5.02 Å². The Morgan fingerprint density at radius 1 is 1.35 bits per heavy atom. The number of halogens is 1. The minimum Gasteiger partial charge on any atom is -0.488 e. The van der Waals surface area contributed by atoms with Gasteiger partial charge in [0.25, 0.3) is 0 Å². The van der Waals surface area contributed by atoms with Gasteiger partial charge in [-0.2, -0.15) is 0 Å². The number of nitrogens with zero attached hydrogens (tertiary/aromatic N) is 1. The zero-order chi connectivity index (χ0) is 14.4. The topological polar surface area (TPSA) is 28.9 Å². The molecule has 4 nitrogen and oxygen atoms in total. The van der Waals surface area contributed by atoms with Crippen LogP contribution in [-0.4, -0.2) is 56.4 Å². The highest BCUT2D eigenvalue weighted by atomic mass is 35.5. The molecule has 0 atom stereocenters. The minimum atomic E-state index is 0.730. The second kappa shape index (κ2) is 7.67. The van der Waals surface area contributed by atoms with Gasteiger partial charge in [-0.1, -0.05) is 11.6 Å². The number of ether oxygens (including phenoxy) is 1. The van der Waals surface area contributed by atoms with E-state index in [2.05, 4.69) is 10.2 Å². The Hall–Kier alpha value is -1.04. The summed E-state index contributed by atoms with van der Waals surface area (Å²) >= 11 is 11.1. The van der Waals surface area contributed by atoms with E-state index in [-0.39, 0.29) is 0 Å². The standard InChI is InChI=1S/C14H20ClN3OS/c1-16-14(20)18-8-6-17(7-9-18)10-11-19-13-4-2-12(15)3-5-13/h2-5H,6-11H2,1H3,(H,16,20)/p+1. The third-order valence-corrected chi connectivity index (χ3v) is 4.22. The maximum atomic E-state index is 5.84. The van der Waals surface area contributed by atoms with Gasteiger partial charge in [0.1, 0.15) is 18.9 Å². The van der Waals surface area contributed by atoms with Crippen molar-refractivity contribution in [3.63, 3.8) is 0 Å². The number of hydrogen-bond donors (Lipinski definition) is 2. The number of hydrogen-bond acceptors (Lipinski definition) is 2. The van der Waals surface area contributed by atoms with E-state index in [1.807, 2.05) is 31.3 Å². The van der Waals surface area contributed by atoms with Crippen molar-refractivity contribution in [2.45, 2.75) is 0 Å². The van der Waals surface area contributed by atoms with Crippen molar-refractivity contribution < 1.29 is 9.64 Å². The molecular formula is C14H21ClN3OS+. The van der Waals surface area contributed by atoms with E-state index in [4.69, 9.17) is 28.6 Å². The van der Waals surface area contributed by atoms with E-state index in [1.54, 1.807) is 4.90 Å². The number of benzene rings is 1. The molecule has 0 radical (unpaired) electrons. The molecule has 0 aromatic heterocycles. The van der Waals surface area contributed by atoms with Gasteiger partial charge < -0.3 is 19.9 Å². The average molecular weight is 315 g/mol. The first-order valence-corrected chi connectivity index (χ1v) is 7.66. The summed E-state index contributed by atoms with van der Waals surface area (Å²) in [6.45, 7) is 5.97. The molecule has 1 aliphatic rings. The molecule has 20 heavy (non-hydrogen) atoms. The molecule has 1 aromatic rings. The predicted molar refractivity (Wildman–Crippen MR) is 85.7 cm³/mol. The van der Waals surface area contributed by atoms with Gasteiger partial charge in [0.15, 0.2) is 5.11 Å². The van der Waals surface area contributed by atoms with Crippen LogP contribution < -0.4 is 15.0 Å². The van der Waals surface area contributed by atoms with Gasteiger partial charge in [0, 0.05) is 12.1 Å². The molecular weight excluding hydrogens is 294 g/mol. The minimum absolute atomic E-state index is 0.730. The van der Waals surface area contributed by atoms with E-state index in [0.29, 0.717) is 0 Å². The van der Waals surface area contributed by atoms with Crippen molar-refractivity contribution >= 4 is 28.9 Å². The average Bonchev–Trinajstić information content (AvgIpc) is 2.49. The molecule has 2 rings (SSSR count). The van der Waals surface area contributed by atoms with Crippen molar-refractivity contribution in [2.24, 2.45) is 0 Å². The summed E-state index contributed by atoms with van der Waals surface area (Å²) in [4.78, 5) is 3.79. The van der Waals surface area contributed by atoms with Gasteiger partial charge in [-0.05, 0) is 36.5 Å². The zero-order valence-electron chi connectivity index (χ0n) is 11.7. The van der Waals surface area contributed by atoms with E-state index >= 15 is 0 Å². The fourth-order valence-corrected chi connectivity index (χ4v) is 2.59. The number of quaternary nitrogens is 1. The van der Waals surface area contributed by atoms with Crippen molar-refractivity contribution in [3.8, 4) is 5.75 Å². The Morgan fingerprint density at radius 3 is 2.60 bits per heavy atom. The Labute approximate surface area is 130 Å². The third-order valence-electron chi connectivity index (χ3n) is 3.51. The summed E-state index contributed by atoms with van der Waals surface area (Å²) in [7, 11) is 1.88. The summed E-state index contributed by atoms with van der Waals surface area (Å²) in [6.07, 6.45) is 0. The summed E-state index contributed by atoms with van der Waals surface area (Å²) in [5.41, 5.74) is 0. The monoisotopic (exact) mass is 314 g/mol. The highest BCUT2D eigenvalue weighted by Crippen LogP contribution is 2.14. The molecule has 1 saturated heterocycles. The lowest BCUT2D eigenvalue weighted by Crippen LogP contribution is -3.15. The van der Waals surface area contributed by atoms with Crippen LogP contribution in [0.3, 0.4) is 0 Å². The fraction of sp³-hybridized carbons (Fsp3) is 0.500. The molecule has 2 N–H and O–H groups in total. The zero-order valence-corrected chi connectivity index (χ0v) is 13.3. The Morgan fingerprint density at radius 2 is 2.00 bits per heavy atom. The number of thiocarbonyl (C=S) groups is 1. The molecule has 1 fully saturated rings. The summed E-state index contributed by atoms with van der Waals surface area (Å²) in [6, 6.07) is 7.50. The summed E-state index contributed by atoms with van der Waals surface area (Å²) < 4.78 is 5.73. The van der Waals surface area contributed by atoms with Crippen LogP contribution in [0.4, 0.5) is 0 Å². The molecule has 0 spiro atoms. The highest BCUT2D eigenvalue weighted by molar-refractivity contribution is 7.80. The van der Waals surface area contributed by atoms with Gasteiger partial charge >= 0.3 is 0 Å². The Balaban J connectivity index is 1.66. The summed E-state index contributed by atoms with van der Waals surface area (Å²) in [5, 5.41) is 4.62. The second-order valence-corrected chi connectivity index (χ2v) is 5.67. The van der Waals surface area contributed by atoms with E-state index in [9.17, 15) is 0 Å². The van der Waals surface area contributed by atoms with Crippen LogP contribution in [0.25, 0.3) is 0 Å². The number of piperazine rings is 1. The number of nitrogens with one attached hydrogen (secondary N) is 2. The van der Waals surface area contributed by atoms with Crippen molar-refractivity contribution in [1.82, 2.24) is 10.2 Å². The molecule has 1 heterocycles. The predicted octanol–water partition coefficient (Wildman–Crippen LogP) is 0.424. The maximum Gasteiger partial charge on any atom is 0.169 e. The SMILES string of the molecule is CNC(=S)N1CC[NH+](CCOc2ccc(Cl)cc2)CC1. The third kappa shape index (κ3) is 4.51. The van der Waals surface area contributed by atoms with Crippen LogP contribution in [0.1, 0.15) is 0 Å². The van der Waals surface area contributed by atoms with E-state index in [1.165, 1.54) is 0 Å². The first kappa shape index (κ1) is 15.4. The van der Waals surface area contributed by atoms with Crippen LogP contribution in [-0.2, 0) is 0 Å². The molecule has 1 aliphatic heterocycles. The lowest BCUT2D eigenvalue weighted by atomic mass is 10.3. The normalized spacial score (nSPS) is 16.0. The van der Waals surface area contributed by atoms with Gasteiger partial charge in [-0.25, -0.2) is 0 Å². The van der Waals surface area contributed by atoms with E-state index < -0.39 is 0 Å². The quantitative estimate of drug-likeness (QED) is 0.789. The Bertz CT molecular complexity index is 433. The molecule has 110 valence electrons. The molecule has 0 unspecified atom stereocenters. The van der Waals surface area contributed by atoms with Crippen LogP contribution in [0.5, 0.6) is 5.75 Å². The lowest BCUT2D eigenvalue weighted by Gasteiger charge is -2.33. The van der Waals surface area contributed by atoms with Crippen LogP contribution >= 0.6 is 23.8 Å². The highest BCUT2D eigenvalue weighted by Gasteiger charge is 2.20. The largest absolute Gasteiger partial charge is 0.488 e. The van der Waals surface area contributed by atoms with Crippen LogP contribution in [0.15, 0.2) is 24.3 Å². The van der Waals surface area contributed by atoms with Gasteiger partial charge in [-0.15, -0.1) is 0 Å². The molecule has 6 heteroatoms. The second-order valence-electron chi connectivity index (χ2n) is 4.84. The summed E-state index contributed by atoms with van der Waals surface area (Å²) in [5.74, 6) is 0.879. The van der Waals surface area contributed by atoms with E-state index in [0.717, 1.165) is 55.2 Å². The van der Waals surface area contributed by atoms with Gasteiger partial charge in [0.2, 0.25) is 0 Å².